The highest BCUT2D eigenvalue weighted by Gasteiger charge is 2.12. The third-order valence-corrected chi connectivity index (χ3v) is 2.89. The molecule has 0 atom stereocenters. The van der Waals surface area contributed by atoms with Gasteiger partial charge in [-0.2, -0.15) is 5.26 Å². The molecule has 0 heterocycles. The summed E-state index contributed by atoms with van der Waals surface area (Å²) in [5.41, 5.74) is 1.71. The van der Waals surface area contributed by atoms with Gasteiger partial charge >= 0.3 is 0 Å². The Morgan fingerprint density at radius 2 is 2.05 bits per heavy atom. The number of nitrogens with one attached hydrogen (secondary N) is 1. The van der Waals surface area contributed by atoms with Crippen molar-refractivity contribution < 1.29 is 4.79 Å². The average Bonchev–Trinajstić information content (AvgIpc) is 2.45. The number of carbonyl (C=O) groups excluding carboxylic acids is 1. The summed E-state index contributed by atoms with van der Waals surface area (Å²) in [4.78, 5) is 13.9. The Labute approximate surface area is 115 Å². The molecule has 0 saturated carbocycles. The van der Waals surface area contributed by atoms with E-state index in [4.69, 9.17) is 5.26 Å². The third kappa shape index (κ3) is 5.11. The Hall–Kier alpha value is -1.86. The first kappa shape index (κ1) is 15.2. The van der Waals surface area contributed by atoms with Gasteiger partial charge in [-0.1, -0.05) is 19.1 Å². The predicted molar refractivity (Wildman–Crippen MR) is 75.4 cm³/mol. The Morgan fingerprint density at radius 3 is 2.58 bits per heavy atom. The van der Waals surface area contributed by atoms with Gasteiger partial charge in [0.15, 0.2) is 0 Å². The molecular weight excluding hydrogens is 238 g/mol. The highest BCUT2D eigenvalue weighted by molar-refractivity contribution is 5.76. The molecule has 0 saturated heterocycles. The second kappa shape index (κ2) is 8.28. The molecular formula is C15H21N3O. The quantitative estimate of drug-likeness (QED) is 0.813. The van der Waals surface area contributed by atoms with Crippen molar-refractivity contribution in [1.82, 2.24) is 10.2 Å². The van der Waals surface area contributed by atoms with Gasteiger partial charge in [-0.25, -0.2) is 0 Å². The minimum atomic E-state index is 0.167. The van der Waals surface area contributed by atoms with E-state index in [0.29, 0.717) is 25.1 Å². The van der Waals surface area contributed by atoms with Crippen LogP contribution in [0.3, 0.4) is 0 Å². The lowest BCUT2D eigenvalue weighted by molar-refractivity contribution is -0.131. The topological polar surface area (TPSA) is 56.1 Å². The van der Waals surface area contributed by atoms with E-state index in [0.717, 1.165) is 18.5 Å². The third-order valence-electron chi connectivity index (χ3n) is 2.89. The number of amides is 1. The number of nitrogens with zero attached hydrogens (tertiary/aromatic N) is 2. The summed E-state index contributed by atoms with van der Waals surface area (Å²) >= 11 is 0. The zero-order valence-electron chi connectivity index (χ0n) is 11.6. The molecule has 102 valence electrons. The fourth-order valence-corrected chi connectivity index (χ4v) is 1.86. The van der Waals surface area contributed by atoms with Gasteiger partial charge in [0.05, 0.1) is 11.6 Å². The van der Waals surface area contributed by atoms with Crippen LogP contribution in [0.5, 0.6) is 0 Å². The lowest BCUT2D eigenvalue weighted by Gasteiger charge is -2.22. The first-order valence-electron chi connectivity index (χ1n) is 6.62. The van der Waals surface area contributed by atoms with Gasteiger partial charge in [0.2, 0.25) is 5.91 Å². The molecule has 1 amide bonds. The van der Waals surface area contributed by atoms with Crippen molar-refractivity contribution in [1.29, 1.82) is 5.26 Å². The van der Waals surface area contributed by atoms with Gasteiger partial charge in [0, 0.05) is 26.1 Å². The number of benzene rings is 1. The fraction of sp³-hybridized carbons (Fsp3) is 0.467. The Balaban J connectivity index is 2.66. The molecule has 0 bridgehead atoms. The molecule has 1 N–H and O–H groups in total. The van der Waals surface area contributed by atoms with Crippen LogP contribution in [0.15, 0.2) is 24.3 Å². The summed E-state index contributed by atoms with van der Waals surface area (Å²) < 4.78 is 0. The number of rotatable bonds is 7. The number of hydrogen-bond acceptors (Lipinski definition) is 3. The zero-order chi connectivity index (χ0) is 14.1. The van der Waals surface area contributed by atoms with Crippen LogP contribution in [0.4, 0.5) is 0 Å². The molecule has 4 heteroatoms. The maximum atomic E-state index is 12.1. The minimum absolute atomic E-state index is 0.167. The lowest BCUT2D eigenvalue weighted by atomic mass is 10.1. The maximum Gasteiger partial charge on any atom is 0.224 e. The minimum Gasteiger partial charge on any atom is -0.338 e. The molecule has 0 aliphatic carbocycles. The molecule has 0 unspecified atom stereocenters. The molecule has 0 radical (unpaired) electrons. The number of carbonyl (C=O) groups is 1. The van der Waals surface area contributed by atoms with Crippen LogP contribution in [-0.4, -0.2) is 30.9 Å². The van der Waals surface area contributed by atoms with E-state index in [1.807, 2.05) is 24.1 Å². The molecule has 0 fully saturated rings. The summed E-state index contributed by atoms with van der Waals surface area (Å²) in [5, 5.41) is 11.7. The largest absolute Gasteiger partial charge is 0.338 e. The second-order valence-electron chi connectivity index (χ2n) is 4.48. The standard InChI is InChI=1S/C15H21N3O/c1-3-10-18(15(19)8-9-17-2)12-14-6-4-13(11-16)5-7-14/h4-7,17H,3,8-10,12H2,1-2H3. The Morgan fingerprint density at radius 1 is 1.37 bits per heavy atom. The van der Waals surface area contributed by atoms with Crippen molar-refractivity contribution in [2.24, 2.45) is 0 Å². The molecule has 0 aliphatic heterocycles. The summed E-state index contributed by atoms with van der Waals surface area (Å²) in [6.45, 7) is 4.15. The van der Waals surface area contributed by atoms with E-state index in [1.54, 1.807) is 12.1 Å². The molecule has 0 spiro atoms. The average molecular weight is 259 g/mol. The predicted octanol–water partition coefficient (Wildman–Crippen LogP) is 1.91. The maximum absolute atomic E-state index is 12.1. The van der Waals surface area contributed by atoms with Gasteiger partial charge in [-0.05, 0) is 31.2 Å². The van der Waals surface area contributed by atoms with E-state index >= 15 is 0 Å². The monoisotopic (exact) mass is 259 g/mol. The van der Waals surface area contributed by atoms with Crippen LogP contribution in [0, 0.1) is 11.3 Å². The van der Waals surface area contributed by atoms with Crippen molar-refractivity contribution in [2.45, 2.75) is 26.3 Å². The van der Waals surface area contributed by atoms with Gasteiger partial charge in [0.25, 0.3) is 0 Å². The van der Waals surface area contributed by atoms with Crippen LogP contribution in [-0.2, 0) is 11.3 Å². The highest BCUT2D eigenvalue weighted by atomic mass is 16.2. The van der Waals surface area contributed by atoms with Crippen molar-refractivity contribution in [3.05, 3.63) is 35.4 Å². The molecule has 1 rings (SSSR count). The lowest BCUT2D eigenvalue weighted by Crippen LogP contribution is -2.33. The summed E-state index contributed by atoms with van der Waals surface area (Å²) in [5.74, 6) is 0.167. The zero-order valence-corrected chi connectivity index (χ0v) is 11.6. The van der Waals surface area contributed by atoms with Crippen molar-refractivity contribution in [2.75, 3.05) is 20.1 Å². The smallest absolute Gasteiger partial charge is 0.224 e. The first-order valence-corrected chi connectivity index (χ1v) is 6.62. The van der Waals surface area contributed by atoms with E-state index in [2.05, 4.69) is 18.3 Å². The van der Waals surface area contributed by atoms with Crippen LogP contribution in [0.1, 0.15) is 30.9 Å². The number of hydrogen-bond donors (Lipinski definition) is 1. The van der Waals surface area contributed by atoms with E-state index in [-0.39, 0.29) is 5.91 Å². The van der Waals surface area contributed by atoms with Gasteiger partial charge in [-0.15, -0.1) is 0 Å². The van der Waals surface area contributed by atoms with E-state index < -0.39 is 0 Å². The number of nitriles is 1. The SMILES string of the molecule is CCCN(Cc1ccc(C#N)cc1)C(=O)CCNC. The molecule has 0 aromatic heterocycles. The van der Waals surface area contributed by atoms with Crippen LogP contribution < -0.4 is 5.32 Å². The van der Waals surface area contributed by atoms with Crippen LogP contribution in [0.2, 0.25) is 0 Å². The van der Waals surface area contributed by atoms with Crippen molar-refractivity contribution in [3.63, 3.8) is 0 Å². The molecule has 4 nitrogen and oxygen atoms in total. The second-order valence-corrected chi connectivity index (χ2v) is 4.48. The first-order chi connectivity index (χ1) is 9.21. The van der Waals surface area contributed by atoms with Gasteiger partial charge in [-0.3, -0.25) is 4.79 Å². The van der Waals surface area contributed by atoms with Crippen LogP contribution >= 0.6 is 0 Å². The van der Waals surface area contributed by atoms with Crippen molar-refractivity contribution in [3.8, 4) is 6.07 Å². The Bertz CT molecular complexity index is 434. The summed E-state index contributed by atoms with van der Waals surface area (Å²) in [7, 11) is 1.85. The van der Waals surface area contributed by atoms with Crippen LogP contribution in [0.25, 0.3) is 0 Å². The van der Waals surface area contributed by atoms with Gasteiger partial charge < -0.3 is 10.2 Å². The van der Waals surface area contributed by atoms with Crippen molar-refractivity contribution >= 4 is 5.91 Å². The summed E-state index contributed by atoms with van der Waals surface area (Å²) in [6, 6.07) is 9.49. The van der Waals surface area contributed by atoms with E-state index in [1.165, 1.54) is 0 Å². The van der Waals surface area contributed by atoms with Gasteiger partial charge in [0.1, 0.15) is 0 Å². The molecule has 0 aliphatic rings. The van der Waals surface area contributed by atoms with E-state index in [9.17, 15) is 4.79 Å². The Kier molecular flexibility index (Phi) is 6.62. The molecule has 19 heavy (non-hydrogen) atoms. The fourth-order valence-electron chi connectivity index (χ4n) is 1.86. The molecule has 1 aromatic rings. The highest BCUT2D eigenvalue weighted by Crippen LogP contribution is 2.09. The summed E-state index contributed by atoms with van der Waals surface area (Å²) in [6.07, 6.45) is 1.47. The molecule has 1 aromatic carbocycles. The normalized spacial score (nSPS) is 9.95.